The van der Waals surface area contributed by atoms with Gasteiger partial charge in [-0.15, -0.1) is 0 Å². The van der Waals surface area contributed by atoms with Crippen molar-refractivity contribution in [2.75, 3.05) is 6.54 Å². The number of aromatic amines is 1. The number of hydrogen-bond acceptors (Lipinski definition) is 3. The minimum atomic E-state index is 0.0504. The van der Waals surface area contributed by atoms with E-state index in [4.69, 9.17) is 16.6 Å². The normalized spacial score (nSPS) is 18.9. The summed E-state index contributed by atoms with van der Waals surface area (Å²) in [6.07, 6.45) is 6.95. The van der Waals surface area contributed by atoms with Gasteiger partial charge in [-0.3, -0.25) is 9.69 Å². The van der Waals surface area contributed by atoms with E-state index in [1.54, 1.807) is 0 Å². The number of halogens is 1. The Morgan fingerprint density at radius 1 is 1.20 bits per heavy atom. The molecule has 1 aliphatic heterocycles. The smallest absolute Gasteiger partial charge is 0.255 e. The zero-order valence-corrected chi connectivity index (χ0v) is 15.2. The van der Waals surface area contributed by atoms with Crippen molar-refractivity contribution >= 4 is 11.6 Å². The highest BCUT2D eigenvalue weighted by atomic mass is 35.5. The summed E-state index contributed by atoms with van der Waals surface area (Å²) in [6.45, 7) is 2.33. The standard InChI is InChI=1S/C20H24ClN3O/c21-17-9-5-4-8-15(17)12-24-11-10-18-16(13-24)20(25)23-19(22-18)14-6-2-1-3-7-14/h4-5,8-9,14H,1-3,6-7,10-13H2,(H,22,23,25). The quantitative estimate of drug-likeness (QED) is 0.902. The molecule has 0 saturated heterocycles. The Morgan fingerprint density at radius 2 is 2.00 bits per heavy atom. The summed E-state index contributed by atoms with van der Waals surface area (Å²) in [5.74, 6) is 1.36. The summed E-state index contributed by atoms with van der Waals surface area (Å²) in [4.78, 5) is 22.9. The molecule has 2 aromatic rings. The highest BCUT2D eigenvalue weighted by Gasteiger charge is 2.24. The SMILES string of the molecule is O=c1[nH]c(C2CCCCC2)nc2c1CN(Cc1ccccc1Cl)CC2. The molecule has 1 N–H and O–H groups in total. The van der Waals surface area contributed by atoms with Crippen molar-refractivity contribution in [3.05, 3.63) is 62.3 Å². The number of rotatable bonds is 3. The van der Waals surface area contributed by atoms with Crippen molar-refractivity contribution in [3.63, 3.8) is 0 Å². The second-order valence-corrected chi connectivity index (χ2v) is 7.67. The van der Waals surface area contributed by atoms with Crippen LogP contribution in [0.5, 0.6) is 0 Å². The van der Waals surface area contributed by atoms with Gasteiger partial charge in [0.2, 0.25) is 0 Å². The summed E-state index contributed by atoms with van der Waals surface area (Å²) in [7, 11) is 0. The largest absolute Gasteiger partial charge is 0.310 e. The lowest BCUT2D eigenvalue weighted by Gasteiger charge is -2.29. The lowest BCUT2D eigenvalue weighted by atomic mass is 9.88. The molecule has 2 heterocycles. The first kappa shape index (κ1) is 16.8. The van der Waals surface area contributed by atoms with Crippen molar-refractivity contribution in [3.8, 4) is 0 Å². The van der Waals surface area contributed by atoms with Crippen LogP contribution in [0.3, 0.4) is 0 Å². The van der Waals surface area contributed by atoms with Crippen LogP contribution in [-0.2, 0) is 19.5 Å². The zero-order chi connectivity index (χ0) is 17.2. The number of hydrogen-bond donors (Lipinski definition) is 1. The Morgan fingerprint density at radius 3 is 2.80 bits per heavy atom. The summed E-state index contributed by atoms with van der Waals surface area (Å²) in [5.41, 5.74) is 2.99. The Hall–Kier alpha value is -1.65. The molecule has 0 atom stereocenters. The maximum atomic E-state index is 12.6. The van der Waals surface area contributed by atoms with Gasteiger partial charge in [0.15, 0.2) is 0 Å². The summed E-state index contributed by atoms with van der Waals surface area (Å²) in [6, 6.07) is 7.91. The molecule has 1 aromatic carbocycles. The molecule has 0 bridgehead atoms. The maximum Gasteiger partial charge on any atom is 0.255 e. The molecule has 1 aliphatic carbocycles. The Balaban J connectivity index is 1.53. The Kier molecular flexibility index (Phi) is 4.91. The molecule has 132 valence electrons. The first-order valence-electron chi connectivity index (χ1n) is 9.28. The molecule has 0 amide bonds. The van der Waals surface area contributed by atoms with E-state index in [1.165, 1.54) is 19.3 Å². The molecule has 1 aromatic heterocycles. The zero-order valence-electron chi connectivity index (χ0n) is 14.4. The van der Waals surface area contributed by atoms with Crippen LogP contribution in [0, 0.1) is 0 Å². The van der Waals surface area contributed by atoms with Crippen LogP contribution in [0.1, 0.15) is 60.7 Å². The molecule has 4 rings (SSSR count). The number of nitrogens with one attached hydrogen (secondary N) is 1. The van der Waals surface area contributed by atoms with Crippen molar-refractivity contribution in [2.24, 2.45) is 0 Å². The monoisotopic (exact) mass is 357 g/mol. The first-order valence-corrected chi connectivity index (χ1v) is 9.66. The van der Waals surface area contributed by atoms with E-state index in [9.17, 15) is 4.79 Å². The van der Waals surface area contributed by atoms with Gasteiger partial charge in [0.1, 0.15) is 5.82 Å². The van der Waals surface area contributed by atoms with E-state index in [2.05, 4.69) is 9.88 Å². The molecule has 0 radical (unpaired) electrons. The van der Waals surface area contributed by atoms with E-state index in [-0.39, 0.29) is 5.56 Å². The Bertz CT molecular complexity index is 811. The third-order valence-electron chi connectivity index (χ3n) is 5.51. The predicted molar refractivity (Wildman–Crippen MR) is 100.0 cm³/mol. The van der Waals surface area contributed by atoms with E-state index in [0.717, 1.165) is 60.0 Å². The van der Waals surface area contributed by atoms with Crippen LogP contribution in [0.25, 0.3) is 0 Å². The van der Waals surface area contributed by atoms with Gasteiger partial charge < -0.3 is 4.98 Å². The number of benzene rings is 1. The van der Waals surface area contributed by atoms with Crippen molar-refractivity contribution < 1.29 is 0 Å². The van der Waals surface area contributed by atoms with Gasteiger partial charge in [-0.1, -0.05) is 49.1 Å². The van der Waals surface area contributed by atoms with Crippen LogP contribution in [-0.4, -0.2) is 21.4 Å². The summed E-state index contributed by atoms with van der Waals surface area (Å²) in [5, 5.41) is 0.785. The van der Waals surface area contributed by atoms with Gasteiger partial charge in [0, 0.05) is 37.0 Å². The number of fused-ring (bicyclic) bond motifs is 1. The third kappa shape index (κ3) is 3.65. The topological polar surface area (TPSA) is 49.0 Å². The van der Waals surface area contributed by atoms with Crippen LogP contribution in [0.4, 0.5) is 0 Å². The molecule has 1 saturated carbocycles. The van der Waals surface area contributed by atoms with Crippen molar-refractivity contribution in [2.45, 2.75) is 57.5 Å². The van der Waals surface area contributed by atoms with Crippen LogP contribution in [0.15, 0.2) is 29.1 Å². The third-order valence-corrected chi connectivity index (χ3v) is 5.88. The van der Waals surface area contributed by atoms with Gasteiger partial charge in [-0.05, 0) is 24.5 Å². The predicted octanol–water partition coefficient (Wildman–Crippen LogP) is 4.03. The average molecular weight is 358 g/mol. The fraction of sp³-hybridized carbons (Fsp3) is 0.500. The summed E-state index contributed by atoms with van der Waals surface area (Å²) >= 11 is 6.27. The molecular formula is C20H24ClN3O. The molecule has 2 aliphatic rings. The van der Waals surface area contributed by atoms with Gasteiger partial charge in [0.25, 0.3) is 5.56 Å². The first-order chi connectivity index (χ1) is 12.2. The number of aromatic nitrogens is 2. The minimum Gasteiger partial charge on any atom is -0.310 e. The van der Waals surface area contributed by atoms with E-state index < -0.39 is 0 Å². The second-order valence-electron chi connectivity index (χ2n) is 7.26. The number of nitrogens with zero attached hydrogens (tertiary/aromatic N) is 2. The molecular weight excluding hydrogens is 334 g/mol. The molecule has 0 unspecified atom stereocenters. The van der Waals surface area contributed by atoms with Gasteiger partial charge >= 0.3 is 0 Å². The maximum absolute atomic E-state index is 12.6. The molecule has 5 heteroatoms. The van der Waals surface area contributed by atoms with E-state index in [0.29, 0.717) is 12.5 Å². The van der Waals surface area contributed by atoms with E-state index in [1.807, 2.05) is 24.3 Å². The van der Waals surface area contributed by atoms with E-state index >= 15 is 0 Å². The second kappa shape index (κ2) is 7.30. The van der Waals surface area contributed by atoms with Crippen LogP contribution < -0.4 is 5.56 Å². The molecule has 0 spiro atoms. The minimum absolute atomic E-state index is 0.0504. The average Bonchev–Trinajstić information content (AvgIpc) is 2.65. The van der Waals surface area contributed by atoms with Crippen LogP contribution in [0.2, 0.25) is 5.02 Å². The molecule has 4 nitrogen and oxygen atoms in total. The molecule has 25 heavy (non-hydrogen) atoms. The highest BCUT2D eigenvalue weighted by molar-refractivity contribution is 6.31. The lowest BCUT2D eigenvalue weighted by molar-refractivity contribution is 0.241. The fourth-order valence-electron chi connectivity index (χ4n) is 4.07. The Labute approximate surface area is 153 Å². The van der Waals surface area contributed by atoms with Gasteiger partial charge in [0.05, 0.1) is 11.3 Å². The van der Waals surface area contributed by atoms with Crippen molar-refractivity contribution in [1.82, 2.24) is 14.9 Å². The lowest BCUT2D eigenvalue weighted by Crippen LogP contribution is -2.36. The van der Waals surface area contributed by atoms with Gasteiger partial charge in [-0.25, -0.2) is 4.98 Å². The van der Waals surface area contributed by atoms with Gasteiger partial charge in [-0.2, -0.15) is 0 Å². The number of H-pyrrole nitrogens is 1. The van der Waals surface area contributed by atoms with Crippen molar-refractivity contribution in [1.29, 1.82) is 0 Å². The van der Waals surface area contributed by atoms with Crippen LogP contribution >= 0.6 is 11.6 Å². The molecule has 1 fully saturated rings. The fourth-order valence-corrected chi connectivity index (χ4v) is 4.27. The summed E-state index contributed by atoms with van der Waals surface area (Å²) < 4.78 is 0. The highest BCUT2D eigenvalue weighted by Crippen LogP contribution is 2.31.